The van der Waals surface area contributed by atoms with Gasteiger partial charge in [0.05, 0.1) is 4.92 Å². The minimum Gasteiger partial charge on any atom is -0.367 e. The smallest absolute Gasteiger partial charge is 0.272 e. The Morgan fingerprint density at radius 1 is 1.35 bits per heavy atom. The van der Waals surface area contributed by atoms with Gasteiger partial charge in [0.15, 0.2) is 5.43 Å². The van der Waals surface area contributed by atoms with Gasteiger partial charge in [-0.05, 0) is 19.1 Å². The first-order valence-electron chi connectivity index (χ1n) is 5.72. The minimum absolute atomic E-state index is 0.0245. The van der Waals surface area contributed by atoms with E-state index in [4.69, 9.17) is 0 Å². The Labute approximate surface area is 113 Å². The zero-order valence-electron chi connectivity index (χ0n) is 10.5. The number of nitro benzene ring substituents is 1. The normalized spacial score (nSPS) is 10.1. The van der Waals surface area contributed by atoms with Gasteiger partial charge in [-0.15, -0.1) is 0 Å². The molecule has 7 nitrogen and oxygen atoms in total. The molecule has 20 heavy (non-hydrogen) atoms. The molecule has 1 aromatic carbocycles. The van der Waals surface area contributed by atoms with Crippen molar-refractivity contribution in [2.45, 2.75) is 6.92 Å². The van der Waals surface area contributed by atoms with Gasteiger partial charge in [0.1, 0.15) is 5.56 Å². The van der Waals surface area contributed by atoms with E-state index in [1.807, 2.05) is 0 Å². The van der Waals surface area contributed by atoms with E-state index in [-0.39, 0.29) is 11.3 Å². The molecule has 0 fully saturated rings. The lowest BCUT2D eigenvalue weighted by atomic mass is 10.1. The number of anilines is 1. The number of aryl methyl sites for hydroxylation is 1. The predicted octanol–water partition coefficient (Wildman–Crippen LogP) is 1.84. The SMILES string of the molecule is Cc1cc(NC(=O)c2c[nH]ccc2=O)ccc1[N+](=O)[O-]. The van der Waals surface area contributed by atoms with Crippen molar-refractivity contribution in [3.8, 4) is 0 Å². The molecule has 0 saturated carbocycles. The number of hydrogen-bond donors (Lipinski definition) is 2. The van der Waals surface area contributed by atoms with Gasteiger partial charge in [-0.25, -0.2) is 0 Å². The molecular weight excluding hydrogens is 262 g/mol. The van der Waals surface area contributed by atoms with Crippen molar-refractivity contribution in [1.82, 2.24) is 4.98 Å². The maximum Gasteiger partial charge on any atom is 0.272 e. The maximum atomic E-state index is 11.9. The second kappa shape index (κ2) is 5.35. The summed E-state index contributed by atoms with van der Waals surface area (Å²) in [6, 6.07) is 5.45. The molecule has 2 rings (SSSR count). The van der Waals surface area contributed by atoms with Crippen LogP contribution in [0.3, 0.4) is 0 Å². The van der Waals surface area contributed by atoms with Crippen molar-refractivity contribution in [2.75, 3.05) is 5.32 Å². The molecule has 0 aliphatic heterocycles. The van der Waals surface area contributed by atoms with E-state index in [1.165, 1.54) is 36.7 Å². The lowest BCUT2D eigenvalue weighted by Crippen LogP contribution is -2.20. The van der Waals surface area contributed by atoms with Gasteiger partial charge >= 0.3 is 0 Å². The number of carbonyl (C=O) groups excluding carboxylic acids is 1. The molecule has 1 amide bonds. The average Bonchev–Trinajstić information content (AvgIpc) is 2.38. The second-order valence-corrected chi connectivity index (χ2v) is 4.13. The number of pyridine rings is 1. The summed E-state index contributed by atoms with van der Waals surface area (Å²) in [7, 11) is 0. The zero-order chi connectivity index (χ0) is 14.7. The summed E-state index contributed by atoms with van der Waals surface area (Å²) < 4.78 is 0. The third kappa shape index (κ3) is 2.72. The summed E-state index contributed by atoms with van der Waals surface area (Å²) in [5.41, 5.74) is 0.361. The number of amides is 1. The van der Waals surface area contributed by atoms with Crippen LogP contribution >= 0.6 is 0 Å². The number of carbonyl (C=O) groups is 1. The standard InChI is InChI=1S/C13H11N3O4/c1-8-6-9(2-3-11(8)16(19)20)15-13(18)10-7-14-5-4-12(10)17/h2-7H,1H3,(H,14,17)(H,15,18). The summed E-state index contributed by atoms with van der Waals surface area (Å²) in [4.78, 5) is 36.2. The van der Waals surface area contributed by atoms with Crippen LogP contribution in [0.1, 0.15) is 15.9 Å². The molecule has 1 heterocycles. The van der Waals surface area contributed by atoms with Crippen LogP contribution in [-0.2, 0) is 0 Å². The van der Waals surface area contributed by atoms with E-state index < -0.39 is 16.3 Å². The highest BCUT2D eigenvalue weighted by molar-refractivity contribution is 6.04. The maximum absolute atomic E-state index is 11.9. The number of nitrogens with one attached hydrogen (secondary N) is 2. The lowest BCUT2D eigenvalue weighted by molar-refractivity contribution is -0.385. The second-order valence-electron chi connectivity index (χ2n) is 4.13. The van der Waals surface area contributed by atoms with Gasteiger partial charge in [0, 0.05) is 35.8 Å². The van der Waals surface area contributed by atoms with Crippen molar-refractivity contribution in [1.29, 1.82) is 0 Å². The van der Waals surface area contributed by atoms with Crippen LogP contribution in [0.4, 0.5) is 11.4 Å². The first-order valence-corrected chi connectivity index (χ1v) is 5.72. The van der Waals surface area contributed by atoms with Crippen LogP contribution in [-0.4, -0.2) is 15.8 Å². The quantitative estimate of drug-likeness (QED) is 0.657. The van der Waals surface area contributed by atoms with Crippen molar-refractivity contribution < 1.29 is 9.72 Å². The fraction of sp³-hybridized carbons (Fsp3) is 0.0769. The third-order valence-electron chi connectivity index (χ3n) is 2.72. The number of aromatic amines is 1. The van der Waals surface area contributed by atoms with Crippen LogP contribution in [0.2, 0.25) is 0 Å². The predicted molar refractivity (Wildman–Crippen MR) is 72.8 cm³/mol. The summed E-state index contributed by atoms with van der Waals surface area (Å²) in [5, 5.41) is 13.2. The van der Waals surface area contributed by atoms with Gasteiger partial charge in [-0.3, -0.25) is 19.7 Å². The largest absolute Gasteiger partial charge is 0.367 e. The average molecular weight is 273 g/mol. The molecule has 0 bridgehead atoms. The van der Waals surface area contributed by atoms with E-state index in [9.17, 15) is 19.7 Å². The van der Waals surface area contributed by atoms with Crippen molar-refractivity contribution in [3.05, 3.63) is 68.1 Å². The number of benzene rings is 1. The highest BCUT2D eigenvalue weighted by Gasteiger charge is 2.13. The highest BCUT2D eigenvalue weighted by Crippen LogP contribution is 2.21. The Balaban J connectivity index is 2.25. The minimum atomic E-state index is -0.569. The molecule has 0 aliphatic carbocycles. The molecule has 0 unspecified atom stereocenters. The van der Waals surface area contributed by atoms with Gasteiger partial charge < -0.3 is 10.3 Å². The first-order chi connectivity index (χ1) is 9.49. The molecule has 1 aromatic heterocycles. The van der Waals surface area contributed by atoms with E-state index >= 15 is 0 Å². The van der Waals surface area contributed by atoms with Crippen LogP contribution in [0.5, 0.6) is 0 Å². The Bertz CT molecular complexity index is 736. The van der Waals surface area contributed by atoms with Gasteiger partial charge in [0.2, 0.25) is 0 Å². The summed E-state index contributed by atoms with van der Waals surface area (Å²) in [6.07, 6.45) is 2.73. The monoisotopic (exact) mass is 273 g/mol. The number of H-pyrrole nitrogens is 1. The molecule has 0 saturated heterocycles. The number of nitrogens with zero attached hydrogens (tertiary/aromatic N) is 1. The summed E-state index contributed by atoms with van der Waals surface area (Å²) in [5.74, 6) is -0.569. The van der Waals surface area contributed by atoms with E-state index in [0.717, 1.165) is 0 Å². The first kappa shape index (κ1) is 13.5. The summed E-state index contributed by atoms with van der Waals surface area (Å²) in [6.45, 7) is 1.57. The van der Waals surface area contributed by atoms with Gasteiger partial charge in [0.25, 0.3) is 11.6 Å². The van der Waals surface area contributed by atoms with Crippen LogP contribution in [0.15, 0.2) is 41.5 Å². The molecule has 102 valence electrons. The molecule has 2 aromatic rings. The molecule has 0 atom stereocenters. The molecular formula is C13H11N3O4. The number of nitro groups is 1. The Morgan fingerprint density at radius 3 is 2.70 bits per heavy atom. The zero-order valence-corrected chi connectivity index (χ0v) is 10.5. The van der Waals surface area contributed by atoms with Gasteiger partial charge in [-0.1, -0.05) is 0 Å². The number of rotatable bonds is 3. The van der Waals surface area contributed by atoms with Gasteiger partial charge in [-0.2, -0.15) is 0 Å². The van der Waals surface area contributed by atoms with Crippen molar-refractivity contribution in [3.63, 3.8) is 0 Å². The van der Waals surface area contributed by atoms with Crippen LogP contribution in [0.25, 0.3) is 0 Å². The van der Waals surface area contributed by atoms with Crippen molar-refractivity contribution >= 4 is 17.3 Å². The third-order valence-corrected chi connectivity index (χ3v) is 2.72. The van der Waals surface area contributed by atoms with E-state index in [2.05, 4.69) is 10.3 Å². The number of aromatic nitrogens is 1. The van der Waals surface area contributed by atoms with E-state index in [0.29, 0.717) is 11.3 Å². The number of hydrogen-bond acceptors (Lipinski definition) is 4. The summed E-state index contributed by atoms with van der Waals surface area (Å²) >= 11 is 0. The molecule has 0 spiro atoms. The van der Waals surface area contributed by atoms with Crippen LogP contribution in [0, 0.1) is 17.0 Å². The lowest BCUT2D eigenvalue weighted by Gasteiger charge is -2.05. The fourth-order valence-electron chi connectivity index (χ4n) is 1.73. The topological polar surface area (TPSA) is 105 Å². The fourth-order valence-corrected chi connectivity index (χ4v) is 1.73. The molecule has 2 N–H and O–H groups in total. The van der Waals surface area contributed by atoms with E-state index in [1.54, 1.807) is 6.92 Å². The molecule has 0 aliphatic rings. The van der Waals surface area contributed by atoms with Crippen LogP contribution < -0.4 is 10.7 Å². The Morgan fingerprint density at radius 2 is 2.10 bits per heavy atom. The highest BCUT2D eigenvalue weighted by atomic mass is 16.6. The Kier molecular flexibility index (Phi) is 3.60. The van der Waals surface area contributed by atoms with Crippen molar-refractivity contribution in [2.24, 2.45) is 0 Å². The molecule has 7 heteroatoms. The molecule has 0 radical (unpaired) electrons. The Hall–Kier alpha value is -2.96.